The number of thiazole rings is 1. The summed E-state index contributed by atoms with van der Waals surface area (Å²) in [6.07, 6.45) is 3.25. The molecule has 0 amide bonds. The Hall–Kier alpha value is -1.72. The van der Waals surface area contributed by atoms with Crippen molar-refractivity contribution in [1.29, 1.82) is 0 Å². The lowest BCUT2D eigenvalue weighted by Gasteiger charge is -2.05. The smallest absolute Gasteiger partial charge is 0.335 e. The Labute approximate surface area is 128 Å². The first-order valence-electron chi connectivity index (χ1n) is 7.09. The van der Waals surface area contributed by atoms with Crippen LogP contribution in [0.1, 0.15) is 39.5 Å². The first kappa shape index (κ1) is 15.7. The molecule has 112 valence electrons. The number of nitrogens with one attached hydrogen (secondary N) is 1. The molecule has 2 rings (SSSR count). The highest BCUT2D eigenvalue weighted by Crippen LogP contribution is 2.11. The SMILES string of the molecule is Cc1csc(CCCCNCc2cccc(C(=O)O)c2)n1. The van der Waals surface area contributed by atoms with Crippen molar-refractivity contribution in [2.24, 2.45) is 0 Å². The molecule has 1 heterocycles. The number of aromatic carboxylic acids is 1. The van der Waals surface area contributed by atoms with E-state index in [9.17, 15) is 4.79 Å². The molecule has 4 nitrogen and oxygen atoms in total. The molecule has 1 aromatic heterocycles. The zero-order valence-corrected chi connectivity index (χ0v) is 12.9. The number of unbranched alkanes of at least 4 members (excludes halogenated alkanes) is 1. The Morgan fingerprint density at radius 2 is 2.24 bits per heavy atom. The summed E-state index contributed by atoms with van der Waals surface area (Å²) in [5, 5.41) is 15.6. The Kier molecular flexibility index (Phi) is 5.90. The van der Waals surface area contributed by atoms with Gasteiger partial charge in [0.1, 0.15) is 0 Å². The van der Waals surface area contributed by atoms with Gasteiger partial charge in [0.05, 0.1) is 10.6 Å². The first-order valence-corrected chi connectivity index (χ1v) is 7.97. The number of aryl methyl sites for hydroxylation is 2. The topological polar surface area (TPSA) is 62.2 Å². The van der Waals surface area contributed by atoms with Gasteiger partial charge >= 0.3 is 5.97 Å². The van der Waals surface area contributed by atoms with E-state index >= 15 is 0 Å². The van der Waals surface area contributed by atoms with Crippen LogP contribution in [0.15, 0.2) is 29.6 Å². The number of carboxylic acid groups (broad SMARTS) is 1. The van der Waals surface area contributed by atoms with Crippen LogP contribution < -0.4 is 5.32 Å². The lowest BCUT2D eigenvalue weighted by Crippen LogP contribution is -2.15. The van der Waals surface area contributed by atoms with E-state index in [-0.39, 0.29) is 0 Å². The van der Waals surface area contributed by atoms with Crippen LogP contribution in [0.3, 0.4) is 0 Å². The molecular weight excluding hydrogens is 284 g/mol. The summed E-state index contributed by atoms with van der Waals surface area (Å²) < 4.78 is 0. The predicted molar refractivity (Wildman–Crippen MR) is 84.9 cm³/mol. The van der Waals surface area contributed by atoms with Crippen molar-refractivity contribution in [2.75, 3.05) is 6.54 Å². The number of benzene rings is 1. The van der Waals surface area contributed by atoms with Gasteiger partial charge in [-0.25, -0.2) is 9.78 Å². The molecule has 0 aliphatic rings. The molecule has 0 atom stereocenters. The molecule has 0 spiro atoms. The number of nitrogens with zero attached hydrogens (tertiary/aromatic N) is 1. The number of carboxylic acids is 1. The summed E-state index contributed by atoms with van der Waals surface area (Å²) in [4.78, 5) is 15.3. The van der Waals surface area contributed by atoms with Gasteiger partial charge in [-0.2, -0.15) is 0 Å². The number of rotatable bonds is 8. The largest absolute Gasteiger partial charge is 0.478 e. The van der Waals surface area contributed by atoms with Gasteiger partial charge in [-0.05, 0) is 50.4 Å². The van der Waals surface area contributed by atoms with Gasteiger partial charge in [-0.15, -0.1) is 11.3 Å². The summed E-state index contributed by atoms with van der Waals surface area (Å²) in [6, 6.07) is 7.05. The Morgan fingerprint density at radius 1 is 1.38 bits per heavy atom. The average molecular weight is 304 g/mol. The quantitative estimate of drug-likeness (QED) is 0.735. The highest BCUT2D eigenvalue weighted by atomic mass is 32.1. The third kappa shape index (κ3) is 5.28. The van der Waals surface area contributed by atoms with Gasteiger partial charge in [0.15, 0.2) is 0 Å². The molecule has 2 N–H and O–H groups in total. The Bertz CT molecular complexity index is 595. The van der Waals surface area contributed by atoms with Crippen molar-refractivity contribution in [3.63, 3.8) is 0 Å². The van der Waals surface area contributed by atoms with E-state index in [1.807, 2.05) is 13.0 Å². The van der Waals surface area contributed by atoms with Gasteiger partial charge in [-0.3, -0.25) is 0 Å². The summed E-state index contributed by atoms with van der Waals surface area (Å²) in [6.45, 7) is 3.66. The Balaban J connectivity index is 1.63. The van der Waals surface area contributed by atoms with E-state index in [1.54, 1.807) is 29.5 Å². The lowest BCUT2D eigenvalue weighted by molar-refractivity contribution is 0.0696. The maximum atomic E-state index is 10.9. The van der Waals surface area contributed by atoms with E-state index in [1.165, 1.54) is 5.01 Å². The fourth-order valence-electron chi connectivity index (χ4n) is 2.09. The Morgan fingerprint density at radius 3 is 2.95 bits per heavy atom. The van der Waals surface area contributed by atoms with Crippen LogP contribution in [0.2, 0.25) is 0 Å². The second kappa shape index (κ2) is 7.90. The molecule has 0 unspecified atom stereocenters. The molecule has 21 heavy (non-hydrogen) atoms. The van der Waals surface area contributed by atoms with E-state index in [0.29, 0.717) is 12.1 Å². The van der Waals surface area contributed by atoms with E-state index < -0.39 is 5.97 Å². The molecule has 2 aromatic rings. The lowest BCUT2D eigenvalue weighted by atomic mass is 10.1. The molecule has 0 fully saturated rings. The molecule has 0 saturated carbocycles. The van der Waals surface area contributed by atoms with Gasteiger partial charge in [-0.1, -0.05) is 12.1 Å². The maximum absolute atomic E-state index is 10.9. The van der Waals surface area contributed by atoms with Crippen molar-refractivity contribution >= 4 is 17.3 Å². The maximum Gasteiger partial charge on any atom is 0.335 e. The predicted octanol–water partition coefficient (Wildman–Crippen LogP) is 3.26. The number of carbonyl (C=O) groups is 1. The summed E-state index contributed by atoms with van der Waals surface area (Å²) in [5.41, 5.74) is 2.45. The first-order chi connectivity index (χ1) is 10.1. The van der Waals surface area contributed by atoms with Crippen LogP contribution in [0, 0.1) is 6.92 Å². The second-order valence-electron chi connectivity index (χ2n) is 5.02. The van der Waals surface area contributed by atoms with Crippen molar-refractivity contribution in [1.82, 2.24) is 10.3 Å². The third-order valence-corrected chi connectivity index (χ3v) is 4.19. The van der Waals surface area contributed by atoms with Crippen LogP contribution in [0.25, 0.3) is 0 Å². The monoisotopic (exact) mass is 304 g/mol. The molecule has 0 radical (unpaired) electrons. The van der Waals surface area contributed by atoms with Gasteiger partial charge in [0.25, 0.3) is 0 Å². The van der Waals surface area contributed by atoms with Crippen molar-refractivity contribution in [3.8, 4) is 0 Å². The van der Waals surface area contributed by atoms with Crippen molar-refractivity contribution in [2.45, 2.75) is 32.7 Å². The van der Waals surface area contributed by atoms with Crippen LogP contribution in [-0.4, -0.2) is 22.6 Å². The van der Waals surface area contributed by atoms with Crippen LogP contribution in [0.4, 0.5) is 0 Å². The zero-order valence-electron chi connectivity index (χ0n) is 12.1. The average Bonchev–Trinajstić information content (AvgIpc) is 2.88. The highest BCUT2D eigenvalue weighted by molar-refractivity contribution is 7.09. The highest BCUT2D eigenvalue weighted by Gasteiger charge is 2.03. The van der Waals surface area contributed by atoms with Gasteiger partial charge < -0.3 is 10.4 Å². The fraction of sp³-hybridized carbons (Fsp3) is 0.375. The summed E-state index contributed by atoms with van der Waals surface area (Å²) in [5.74, 6) is -0.879. The van der Waals surface area contributed by atoms with Crippen LogP contribution in [-0.2, 0) is 13.0 Å². The minimum atomic E-state index is -0.879. The second-order valence-corrected chi connectivity index (χ2v) is 5.96. The number of hydrogen-bond donors (Lipinski definition) is 2. The van der Waals surface area contributed by atoms with Crippen molar-refractivity contribution < 1.29 is 9.90 Å². The number of hydrogen-bond acceptors (Lipinski definition) is 4. The minimum Gasteiger partial charge on any atom is -0.478 e. The fourth-order valence-corrected chi connectivity index (χ4v) is 2.91. The third-order valence-electron chi connectivity index (χ3n) is 3.16. The molecule has 0 saturated heterocycles. The van der Waals surface area contributed by atoms with Crippen LogP contribution in [0.5, 0.6) is 0 Å². The molecule has 1 aromatic carbocycles. The minimum absolute atomic E-state index is 0.341. The van der Waals surface area contributed by atoms with Gasteiger partial charge in [0.2, 0.25) is 0 Å². The van der Waals surface area contributed by atoms with Gasteiger partial charge in [0, 0.05) is 17.6 Å². The standard InChI is InChI=1S/C16H20N2O2S/c1-12-11-21-15(18-12)7-2-3-8-17-10-13-5-4-6-14(9-13)16(19)20/h4-6,9,11,17H,2-3,7-8,10H2,1H3,(H,19,20). The van der Waals surface area contributed by atoms with Crippen molar-refractivity contribution in [3.05, 3.63) is 51.5 Å². The van der Waals surface area contributed by atoms with E-state index in [2.05, 4.69) is 15.7 Å². The molecule has 0 bridgehead atoms. The van der Waals surface area contributed by atoms with E-state index in [4.69, 9.17) is 5.11 Å². The summed E-state index contributed by atoms with van der Waals surface area (Å²) >= 11 is 1.73. The van der Waals surface area contributed by atoms with Crippen LogP contribution >= 0.6 is 11.3 Å². The summed E-state index contributed by atoms with van der Waals surface area (Å²) in [7, 11) is 0. The zero-order chi connectivity index (χ0) is 15.1. The molecule has 0 aliphatic carbocycles. The molecule has 0 aliphatic heterocycles. The van der Waals surface area contributed by atoms with E-state index in [0.717, 1.165) is 37.1 Å². The molecule has 5 heteroatoms. The molecular formula is C16H20N2O2S. The number of aromatic nitrogens is 1. The normalized spacial score (nSPS) is 10.7.